The molecule has 0 aromatic carbocycles. The number of hydrogen-bond acceptors (Lipinski definition) is 5. The van der Waals surface area contributed by atoms with Crippen LogP contribution in [0.3, 0.4) is 0 Å². The summed E-state index contributed by atoms with van der Waals surface area (Å²) in [6.45, 7) is 4.05. The van der Waals surface area contributed by atoms with Gasteiger partial charge in [-0.2, -0.15) is 0 Å². The Morgan fingerprint density at radius 3 is 1.02 bits per heavy atom. The van der Waals surface area contributed by atoms with Crippen LogP contribution in [0.15, 0.2) is 36.5 Å². The van der Waals surface area contributed by atoms with Crippen molar-refractivity contribution in [3.8, 4) is 0 Å². The summed E-state index contributed by atoms with van der Waals surface area (Å²) in [4.78, 5) is 12.5. The molecule has 0 aliphatic carbocycles. The summed E-state index contributed by atoms with van der Waals surface area (Å²) in [7, 11) is 0. The van der Waals surface area contributed by atoms with Gasteiger partial charge in [0, 0.05) is 0 Å². The van der Waals surface area contributed by atoms with Crippen LogP contribution in [0.4, 0.5) is 0 Å². The number of rotatable bonds is 50. The van der Waals surface area contributed by atoms with Gasteiger partial charge < -0.3 is 25.7 Å². The van der Waals surface area contributed by atoms with Gasteiger partial charge in [-0.3, -0.25) is 4.79 Å². The molecule has 366 valence electrons. The topological polar surface area (TPSA) is 110 Å². The SMILES string of the molecule is CCCCCCCCC/C=C\CCCCCCC(O)C(=O)NC(CO)C(O)C(O)CCC/C=C/CC/C=C/CCCCCCCCCCCCCCCCCCCCCCCC. The summed E-state index contributed by atoms with van der Waals surface area (Å²) in [5, 5.41) is 43.8. The van der Waals surface area contributed by atoms with Gasteiger partial charge in [0.25, 0.3) is 0 Å². The molecule has 0 heterocycles. The lowest BCUT2D eigenvalue weighted by atomic mass is 10.00. The van der Waals surface area contributed by atoms with E-state index >= 15 is 0 Å². The van der Waals surface area contributed by atoms with Gasteiger partial charge in [0.1, 0.15) is 12.2 Å². The Morgan fingerprint density at radius 2 is 0.677 bits per heavy atom. The van der Waals surface area contributed by atoms with E-state index in [1.807, 2.05) is 0 Å². The molecule has 5 N–H and O–H groups in total. The Bertz CT molecular complexity index is 981. The van der Waals surface area contributed by atoms with Gasteiger partial charge in [0.2, 0.25) is 5.91 Å². The molecule has 0 rings (SSSR count). The van der Waals surface area contributed by atoms with Crippen LogP contribution in [0.25, 0.3) is 0 Å². The fourth-order valence-corrected chi connectivity index (χ4v) is 8.48. The van der Waals surface area contributed by atoms with E-state index in [2.05, 4.69) is 55.6 Å². The number of aliphatic hydroxyl groups excluding tert-OH is 4. The number of carbonyl (C=O) groups is 1. The normalized spacial score (nSPS) is 14.1. The van der Waals surface area contributed by atoms with Gasteiger partial charge in [-0.15, -0.1) is 0 Å². The largest absolute Gasteiger partial charge is 0.394 e. The van der Waals surface area contributed by atoms with E-state index in [4.69, 9.17) is 0 Å². The van der Waals surface area contributed by atoms with Crippen LogP contribution in [-0.4, -0.2) is 57.3 Å². The molecular formula is C56H107NO5. The maximum absolute atomic E-state index is 12.5. The van der Waals surface area contributed by atoms with Crippen LogP contribution >= 0.6 is 0 Å². The average molecular weight is 874 g/mol. The molecule has 0 bridgehead atoms. The van der Waals surface area contributed by atoms with Crippen molar-refractivity contribution in [1.29, 1.82) is 0 Å². The molecule has 6 nitrogen and oxygen atoms in total. The molecule has 0 aliphatic heterocycles. The van der Waals surface area contributed by atoms with E-state index in [0.29, 0.717) is 19.3 Å². The number of unbranched alkanes of at least 4 members (excludes halogenated alkanes) is 35. The number of nitrogens with one attached hydrogen (secondary N) is 1. The van der Waals surface area contributed by atoms with E-state index in [0.717, 1.165) is 51.4 Å². The fourth-order valence-electron chi connectivity index (χ4n) is 8.48. The Kier molecular flexibility index (Phi) is 49.3. The summed E-state index contributed by atoms with van der Waals surface area (Å²) < 4.78 is 0. The first-order valence-corrected chi connectivity index (χ1v) is 27.4. The molecule has 6 heteroatoms. The summed E-state index contributed by atoms with van der Waals surface area (Å²) in [6.07, 6.45) is 62.2. The van der Waals surface area contributed by atoms with Gasteiger partial charge in [0.05, 0.1) is 18.8 Å². The standard InChI is InChI=1S/C56H107NO5/c1-3-5-7-9-11-13-15-17-19-20-21-22-23-24-25-26-27-28-29-30-31-32-33-34-36-37-39-41-43-45-47-49-53(59)55(61)52(51-58)57-56(62)54(60)50-48-46-44-42-40-38-35-18-16-14-12-10-8-6-4-2/h34-36,38,41,43,52-55,58-61H,3-33,37,39-40,42,44-51H2,1-2H3,(H,57,62)/b36-34+,38-35-,43-41+. The number of amides is 1. The number of allylic oxidation sites excluding steroid dienone is 6. The third kappa shape index (κ3) is 43.8. The zero-order valence-corrected chi connectivity index (χ0v) is 41.4. The Labute approximate surface area is 386 Å². The Balaban J connectivity index is 3.66. The lowest BCUT2D eigenvalue weighted by Crippen LogP contribution is -2.53. The molecular weight excluding hydrogens is 767 g/mol. The molecule has 0 saturated carbocycles. The van der Waals surface area contributed by atoms with E-state index in [1.165, 1.54) is 199 Å². The zero-order valence-electron chi connectivity index (χ0n) is 41.4. The predicted molar refractivity (Wildman–Crippen MR) is 270 cm³/mol. The van der Waals surface area contributed by atoms with Crippen molar-refractivity contribution >= 4 is 5.91 Å². The molecule has 0 aromatic rings. The second kappa shape index (κ2) is 50.5. The molecule has 0 radical (unpaired) electrons. The monoisotopic (exact) mass is 874 g/mol. The predicted octanol–water partition coefficient (Wildman–Crippen LogP) is 15.6. The minimum atomic E-state index is -1.29. The fraction of sp³-hybridized carbons (Fsp3) is 0.875. The lowest BCUT2D eigenvalue weighted by Gasteiger charge is -2.27. The average Bonchev–Trinajstić information content (AvgIpc) is 3.28. The van der Waals surface area contributed by atoms with E-state index in [1.54, 1.807) is 0 Å². The van der Waals surface area contributed by atoms with Crippen LogP contribution in [0.2, 0.25) is 0 Å². The van der Waals surface area contributed by atoms with Crippen molar-refractivity contribution in [2.45, 2.75) is 308 Å². The van der Waals surface area contributed by atoms with Crippen molar-refractivity contribution in [2.75, 3.05) is 6.61 Å². The first-order valence-electron chi connectivity index (χ1n) is 27.4. The second-order valence-corrected chi connectivity index (χ2v) is 18.9. The Hall–Kier alpha value is -1.47. The highest BCUT2D eigenvalue weighted by molar-refractivity contribution is 5.80. The summed E-state index contributed by atoms with van der Waals surface area (Å²) >= 11 is 0. The molecule has 0 fully saturated rings. The van der Waals surface area contributed by atoms with Gasteiger partial charge in [0.15, 0.2) is 0 Å². The highest BCUT2D eigenvalue weighted by Crippen LogP contribution is 2.17. The van der Waals surface area contributed by atoms with E-state index in [9.17, 15) is 25.2 Å². The molecule has 62 heavy (non-hydrogen) atoms. The van der Waals surface area contributed by atoms with Crippen LogP contribution in [0, 0.1) is 0 Å². The van der Waals surface area contributed by atoms with Crippen molar-refractivity contribution in [2.24, 2.45) is 0 Å². The number of hydrogen-bond donors (Lipinski definition) is 5. The molecule has 0 spiro atoms. The van der Waals surface area contributed by atoms with Crippen molar-refractivity contribution < 1.29 is 25.2 Å². The highest BCUT2D eigenvalue weighted by atomic mass is 16.3. The highest BCUT2D eigenvalue weighted by Gasteiger charge is 2.28. The van der Waals surface area contributed by atoms with Gasteiger partial charge in [-0.1, -0.05) is 243 Å². The molecule has 0 saturated heterocycles. The summed E-state index contributed by atoms with van der Waals surface area (Å²) in [5.41, 5.74) is 0. The van der Waals surface area contributed by atoms with E-state index < -0.39 is 36.9 Å². The first-order chi connectivity index (χ1) is 30.5. The van der Waals surface area contributed by atoms with Crippen LogP contribution in [0.1, 0.15) is 284 Å². The number of aliphatic hydroxyl groups is 4. The third-order valence-corrected chi connectivity index (χ3v) is 12.8. The molecule has 0 aromatic heterocycles. The molecule has 1 amide bonds. The van der Waals surface area contributed by atoms with Gasteiger partial charge in [-0.25, -0.2) is 0 Å². The van der Waals surface area contributed by atoms with Crippen molar-refractivity contribution in [1.82, 2.24) is 5.32 Å². The smallest absolute Gasteiger partial charge is 0.249 e. The number of carbonyl (C=O) groups excluding carboxylic acids is 1. The minimum absolute atomic E-state index is 0.346. The second-order valence-electron chi connectivity index (χ2n) is 18.9. The summed E-state index contributed by atoms with van der Waals surface area (Å²) in [6, 6.07) is -1.01. The van der Waals surface area contributed by atoms with Crippen LogP contribution < -0.4 is 5.32 Å². The van der Waals surface area contributed by atoms with E-state index in [-0.39, 0.29) is 0 Å². The van der Waals surface area contributed by atoms with Crippen molar-refractivity contribution in [3.05, 3.63) is 36.5 Å². The zero-order chi connectivity index (χ0) is 45.2. The summed E-state index contributed by atoms with van der Waals surface area (Å²) in [5.74, 6) is -0.605. The maximum atomic E-state index is 12.5. The maximum Gasteiger partial charge on any atom is 0.249 e. The quantitative estimate of drug-likeness (QED) is 0.0309. The van der Waals surface area contributed by atoms with Crippen LogP contribution in [0.5, 0.6) is 0 Å². The minimum Gasteiger partial charge on any atom is -0.394 e. The molecule has 4 atom stereocenters. The lowest BCUT2D eigenvalue weighted by molar-refractivity contribution is -0.132. The molecule has 4 unspecified atom stereocenters. The Morgan fingerprint density at radius 1 is 0.387 bits per heavy atom. The molecule has 0 aliphatic rings. The first kappa shape index (κ1) is 60.5. The van der Waals surface area contributed by atoms with Gasteiger partial charge >= 0.3 is 0 Å². The van der Waals surface area contributed by atoms with Crippen molar-refractivity contribution in [3.63, 3.8) is 0 Å². The van der Waals surface area contributed by atoms with Crippen LogP contribution in [-0.2, 0) is 4.79 Å². The third-order valence-electron chi connectivity index (χ3n) is 12.8. The van der Waals surface area contributed by atoms with Gasteiger partial charge in [-0.05, 0) is 77.0 Å².